The summed E-state index contributed by atoms with van der Waals surface area (Å²) >= 11 is 3.40. The number of carbonyl (C=O) groups is 1. The average molecular weight is 429 g/mol. The van der Waals surface area contributed by atoms with E-state index in [0.717, 1.165) is 34.7 Å². The fraction of sp³-hybridized carbons (Fsp3) is 0.261. The Balaban J connectivity index is 0.000000327. The Labute approximate surface area is 168 Å². The van der Waals surface area contributed by atoms with Crippen LogP contribution in [0.25, 0.3) is 21.9 Å². The van der Waals surface area contributed by atoms with E-state index in [9.17, 15) is 9.90 Å². The smallest absolute Gasteiger partial charge is 0.194 e. The number of aromatic hydroxyl groups is 1. The minimum absolute atomic E-state index is 0.0382. The van der Waals surface area contributed by atoms with E-state index in [1.165, 1.54) is 0 Å². The molecule has 0 aromatic heterocycles. The van der Waals surface area contributed by atoms with Crippen molar-refractivity contribution in [2.75, 3.05) is 6.61 Å². The topological polar surface area (TPSA) is 57.5 Å². The highest BCUT2D eigenvalue weighted by atomic mass is 79.9. The number of ketones is 1. The van der Waals surface area contributed by atoms with Gasteiger partial charge in [0, 0.05) is 28.5 Å². The van der Waals surface area contributed by atoms with Crippen LogP contribution in [0, 0.1) is 0 Å². The van der Waals surface area contributed by atoms with E-state index >= 15 is 0 Å². The van der Waals surface area contributed by atoms with Crippen LogP contribution in [0.2, 0.25) is 0 Å². The van der Waals surface area contributed by atoms with Crippen LogP contribution < -0.4 is 0 Å². The third-order valence-corrected chi connectivity index (χ3v) is 5.13. The van der Waals surface area contributed by atoms with E-state index in [2.05, 4.69) is 22.9 Å². The third kappa shape index (κ3) is 4.07. The van der Waals surface area contributed by atoms with Crippen molar-refractivity contribution in [3.8, 4) is 16.9 Å². The second-order valence-corrected chi connectivity index (χ2v) is 6.73. The lowest BCUT2D eigenvalue weighted by Gasteiger charge is -2.20. The van der Waals surface area contributed by atoms with Gasteiger partial charge in [-0.2, -0.15) is 0 Å². The van der Waals surface area contributed by atoms with Crippen molar-refractivity contribution in [1.82, 2.24) is 0 Å². The summed E-state index contributed by atoms with van der Waals surface area (Å²) in [6.07, 6.45) is 2.04. The van der Waals surface area contributed by atoms with Gasteiger partial charge in [-0.05, 0) is 39.5 Å². The Morgan fingerprint density at radius 3 is 2.15 bits per heavy atom. The van der Waals surface area contributed by atoms with Crippen LogP contribution in [0.5, 0.6) is 5.75 Å². The molecule has 3 aromatic rings. The molecule has 1 aliphatic rings. The van der Waals surface area contributed by atoms with E-state index in [4.69, 9.17) is 5.11 Å². The molecule has 0 heterocycles. The first-order valence-corrected chi connectivity index (χ1v) is 10.1. The molecule has 0 bridgehead atoms. The van der Waals surface area contributed by atoms with Crippen molar-refractivity contribution >= 4 is 32.5 Å². The summed E-state index contributed by atoms with van der Waals surface area (Å²) in [7, 11) is 0. The largest absolute Gasteiger partial charge is 0.507 e. The van der Waals surface area contributed by atoms with Gasteiger partial charge in [-0.3, -0.25) is 4.79 Å². The lowest BCUT2D eigenvalue weighted by Crippen LogP contribution is -2.09. The predicted octanol–water partition coefficient (Wildman–Crippen LogP) is 6.32. The van der Waals surface area contributed by atoms with Gasteiger partial charge >= 0.3 is 0 Å². The first-order chi connectivity index (χ1) is 13.1. The average Bonchev–Trinajstić information content (AvgIpc) is 2.72. The van der Waals surface area contributed by atoms with Crippen molar-refractivity contribution in [2.45, 2.75) is 33.6 Å². The molecule has 0 fully saturated rings. The molecule has 3 aromatic carbocycles. The summed E-state index contributed by atoms with van der Waals surface area (Å²) in [5.41, 5.74) is 3.17. The van der Waals surface area contributed by atoms with Crippen molar-refractivity contribution in [3.05, 3.63) is 64.1 Å². The Morgan fingerprint density at radius 2 is 1.56 bits per heavy atom. The molecule has 142 valence electrons. The normalized spacial score (nSPS) is 11.1. The maximum absolute atomic E-state index is 12.6. The Hall–Kier alpha value is -2.17. The SMILES string of the molecule is CC.CCCCO.O=C1c2ccccc2-c2cc(O)c(Br)c3cccc1c23. The van der Waals surface area contributed by atoms with Crippen LogP contribution >= 0.6 is 15.9 Å². The van der Waals surface area contributed by atoms with Gasteiger partial charge in [0.2, 0.25) is 0 Å². The fourth-order valence-electron chi connectivity index (χ4n) is 3.06. The Bertz CT molecular complexity index is 946. The van der Waals surface area contributed by atoms with Gasteiger partial charge in [-0.15, -0.1) is 0 Å². The highest BCUT2D eigenvalue weighted by Crippen LogP contribution is 2.45. The summed E-state index contributed by atoms with van der Waals surface area (Å²) in [5.74, 6) is 0.227. The molecule has 27 heavy (non-hydrogen) atoms. The molecular formula is C23H25BrO3. The Kier molecular flexibility index (Phi) is 7.57. The van der Waals surface area contributed by atoms with E-state index in [-0.39, 0.29) is 11.5 Å². The van der Waals surface area contributed by atoms with Crippen LogP contribution in [0.1, 0.15) is 49.5 Å². The molecule has 0 saturated heterocycles. The lowest BCUT2D eigenvalue weighted by atomic mass is 9.83. The Morgan fingerprint density at radius 1 is 0.926 bits per heavy atom. The predicted molar refractivity (Wildman–Crippen MR) is 116 cm³/mol. The summed E-state index contributed by atoms with van der Waals surface area (Å²) in [5, 5.41) is 19.9. The molecule has 0 unspecified atom stereocenters. The molecule has 2 N–H and O–H groups in total. The van der Waals surface area contributed by atoms with Crippen molar-refractivity contribution in [3.63, 3.8) is 0 Å². The zero-order chi connectivity index (χ0) is 20.0. The van der Waals surface area contributed by atoms with Crippen LogP contribution in [0.3, 0.4) is 0 Å². The number of hydrogen-bond acceptors (Lipinski definition) is 3. The molecule has 0 atom stereocenters. The molecule has 0 spiro atoms. The van der Waals surface area contributed by atoms with Crippen LogP contribution in [-0.4, -0.2) is 22.6 Å². The van der Waals surface area contributed by atoms with Gasteiger partial charge in [0.25, 0.3) is 0 Å². The number of aliphatic hydroxyl groups is 1. The standard InChI is InChI=1S/C17H9BrO2.C4H10O.C2H6/c18-16-11-6-3-7-12-15(11)13(8-14(16)19)9-4-1-2-5-10(9)17(12)20;1-2-3-4-5;1-2/h1-8,19H;5H,2-4H2,1H3;1-2H3. The van der Waals surface area contributed by atoms with Gasteiger partial charge in [0.05, 0.1) is 4.47 Å². The number of phenolic OH excluding ortho intramolecular Hbond substituents is 1. The van der Waals surface area contributed by atoms with E-state index in [1.807, 2.05) is 56.3 Å². The zero-order valence-electron chi connectivity index (χ0n) is 15.9. The van der Waals surface area contributed by atoms with Crippen LogP contribution in [-0.2, 0) is 0 Å². The van der Waals surface area contributed by atoms with E-state index < -0.39 is 0 Å². The number of unbranched alkanes of at least 4 members (excludes halogenated alkanes) is 1. The van der Waals surface area contributed by atoms with Gasteiger partial charge in [-0.25, -0.2) is 0 Å². The van der Waals surface area contributed by atoms with Crippen molar-refractivity contribution < 1.29 is 15.0 Å². The number of carbonyl (C=O) groups excluding carboxylic acids is 1. The van der Waals surface area contributed by atoms with Gasteiger partial charge in [0.15, 0.2) is 5.78 Å². The molecule has 0 aliphatic heterocycles. The van der Waals surface area contributed by atoms with Gasteiger partial charge in [-0.1, -0.05) is 69.7 Å². The first kappa shape index (κ1) is 21.1. The molecule has 0 radical (unpaired) electrons. The molecule has 4 rings (SSSR count). The lowest BCUT2D eigenvalue weighted by molar-refractivity contribution is 0.104. The van der Waals surface area contributed by atoms with E-state index in [0.29, 0.717) is 22.2 Å². The van der Waals surface area contributed by atoms with Crippen LogP contribution in [0.15, 0.2) is 53.0 Å². The first-order valence-electron chi connectivity index (χ1n) is 9.29. The molecule has 3 nitrogen and oxygen atoms in total. The van der Waals surface area contributed by atoms with E-state index in [1.54, 1.807) is 6.07 Å². The summed E-state index contributed by atoms with van der Waals surface area (Å²) in [6, 6.07) is 14.8. The summed E-state index contributed by atoms with van der Waals surface area (Å²) in [6.45, 7) is 6.40. The highest BCUT2D eigenvalue weighted by molar-refractivity contribution is 9.10. The number of fused-ring (bicyclic) bond motifs is 2. The van der Waals surface area contributed by atoms with Gasteiger partial charge < -0.3 is 10.2 Å². The third-order valence-electron chi connectivity index (χ3n) is 4.29. The number of hydrogen-bond donors (Lipinski definition) is 2. The van der Waals surface area contributed by atoms with Crippen molar-refractivity contribution in [1.29, 1.82) is 0 Å². The number of phenols is 1. The minimum atomic E-state index is 0.0382. The molecule has 4 heteroatoms. The second kappa shape index (κ2) is 9.67. The number of benzene rings is 3. The number of aliphatic hydroxyl groups excluding tert-OH is 1. The highest BCUT2D eigenvalue weighted by Gasteiger charge is 2.26. The molecular weight excluding hydrogens is 404 g/mol. The van der Waals surface area contributed by atoms with Gasteiger partial charge in [0.1, 0.15) is 5.75 Å². The van der Waals surface area contributed by atoms with Crippen LogP contribution in [0.4, 0.5) is 0 Å². The summed E-state index contributed by atoms with van der Waals surface area (Å²) in [4.78, 5) is 12.6. The second-order valence-electron chi connectivity index (χ2n) is 5.94. The molecule has 0 saturated carbocycles. The monoisotopic (exact) mass is 428 g/mol. The minimum Gasteiger partial charge on any atom is -0.507 e. The molecule has 1 aliphatic carbocycles. The molecule has 0 amide bonds. The zero-order valence-corrected chi connectivity index (χ0v) is 17.5. The maximum Gasteiger partial charge on any atom is 0.194 e. The van der Waals surface area contributed by atoms with Crippen molar-refractivity contribution in [2.24, 2.45) is 0 Å². The fourth-order valence-corrected chi connectivity index (χ4v) is 3.50. The number of rotatable bonds is 2. The quantitative estimate of drug-likeness (QED) is 0.392. The summed E-state index contributed by atoms with van der Waals surface area (Å²) < 4.78 is 0.630. The maximum atomic E-state index is 12.6. The number of halogens is 1.